The summed E-state index contributed by atoms with van der Waals surface area (Å²) in [6.07, 6.45) is -8.58. The molecular formula is C21H23ClO8. The molecule has 4 unspecified atom stereocenters. The van der Waals surface area contributed by atoms with E-state index < -0.39 is 36.2 Å². The van der Waals surface area contributed by atoms with Crippen molar-refractivity contribution in [3.05, 3.63) is 64.2 Å². The fraction of sp³-hybridized carbons (Fsp3) is 0.333. The van der Waals surface area contributed by atoms with Crippen LogP contribution in [0, 0.1) is 0 Å². The van der Waals surface area contributed by atoms with Gasteiger partial charge >= 0.3 is 5.97 Å². The number of ether oxygens (including phenoxy) is 1. The molecule has 0 aliphatic carbocycles. The van der Waals surface area contributed by atoms with E-state index in [-0.39, 0.29) is 5.56 Å². The Hall–Kier alpha value is -2.49. The number of carbonyl (C=O) groups is 2. The number of aliphatic hydroxyl groups is 4. The average molecular weight is 439 g/mol. The van der Waals surface area contributed by atoms with Crippen LogP contribution in [-0.4, -0.2) is 68.3 Å². The van der Waals surface area contributed by atoms with Crippen LogP contribution in [0.5, 0.6) is 5.75 Å². The third-order valence-electron chi connectivity index (χ3n) is 4.48. The Morgan fingerprint density at radius 3 is 2.13 bits per heavy atom. The Labute approximate surface area is 177 Å². The summed E-state index contributed by atoms with van der Waals surface area (Å²) in [6, 6.07) is 11.5. The topological polar surface area (TPSA) is 145 Å². The van der Waals surface area contributed by atoms with Crippen molar-refractivity contribution in [1.82, 2.24) is 0 Å². The normalized spacial score (nSPS) is 15.1. The number of halogens is 1. The van der Waals surface area contributed by atoms with Crippen LogP contribution >= 0.6 is 11.6 Å². The lowest BCUT2D eigenvalue weighted by atomic mass is 9.94. The lowest BCUT2D eigenvalue weighted by molar-refractivity contribution is -0.161. The number of rotatable bonds is 10. The van der Waals surface area contributed by atoms with Gasteiger partial charge in [-0.2, -0.15) is 0 Å². The van der Waals surface area contributed by atoms with Gasteiger partial charge in [0.25, 0.3) is 0 Å². The number of ketones is 1. The molecule has 0 aliphatic heterocycles. The van der Waals surface area contributed by atoms with E-state index in [1.54, 1.807) is 12.1 Å². The van der Waals surface area contributed by atoms with Crippen molar-refractivity contribution in [3.63, 3.8) is 0 Å². The van der Waals surface area contributed by atoms with E-state index >= 15 is 0 Å². The van der Waals surface area contributed by atoms with Crippen molar-refractivity contribution in [3.8, 4) is 5.75 Å². The molecule has 8 nitrogen and oxygen atoms in total. The summed E-state index contributed by atoms with van der Waals surface area (Å²) in [4.78, 5) is 23.2. The molecule has 2 aromatic rings. The zero-order valence-electron chi connectivity index (χ0n) is 16.1. The molecule has 162 valence electrons. The second kappa shape index (κ2) is 10.5. The van der Waals surface area contributed by atoms with Crippen LogP contribution in [0.4, 0.5) is 0 Å². The first-order valence-corrected chi connectivity index (χ1v) is 9.53. The summed E-state index contributed by atoms with van der Waals surface area (Å²) >= 11 is 6.21. The fourth-order valence-electron chi connectivity index (χ4n) is 2.80. The van der Waals surface area contributed by atoms with Crippen molar-refractivity contribution in [2.24, 2.45) is 0 Å². The Bertz CT molecular complexity index is 883. The number of aliphatic hydroxyl groups excluding tert-OH is 4. The maximum absolute atomic E-state index is 12.5. The molecular weight excluding hydrogens is 416 g/mol. The molecule has 0 amide bonds. The van der Waals surface area contributed by atoms with E-state index in [0.29, 0.717) is 23.6 Å². The first-order valence-electron chi connectivity index (χ1n) is 9.15. The Morgan fingerprint density at radius 2 is 1.57 bits per heavy atom. The SMILES string of the molecule is CCOc1ccc(Cc2cc(C(=O)C(O)C(O)C(O)C(O)C(=O)O)ccc2Cl)cc1. The highest BCUT2D eigenvalue weighted by Gasteiger charge is 2.37. The van der Waals surface area contributed by atoms with Crippen molar-refractivity contribution in [2.45, 2.75) is 37.8 Å². The molecule has 0 spiro atoms. The van der Waals surface area contributed by atoms with Crippen LogP contribution in [0.25, 0.3) is 0 Å². The highest BCUT2D eigenvalue weighted by molar-refractivity contribution is 6.31. The van der Waals surface area contributed by atoms with Gasteiger partial charge in [0.15, 0.2) is 11.9 Å². The zero-order chi connectivity index (χ0) is 22.4. The van der Waals surface area contributed by atoms with Gasteiger partial charge in [0.1, 0.15) is 24.1 Å². The maximum Gasteiger partial charge on any atom is 0.335 e. The van der Waals surface area contributed by atoms with Gasteiger partial charge in [-0.3, -0.25) is 4.79 Å². The number of hydrogen-bond donors (Lipinski definition) is 5. The Morgan fingerprint density at radius 1 is 0.967 bits per heavy atom. The number of carbonyl (C=O) groups excluding carboxylic acids is 1. The predicted octanol–water partition coefficient (Wildman–Crippen LogP) is 1.04. The first-order chi connectivity index (χ1) is 14.1. The smallest absolute Gasteiger partial charge is 0.335 e. The van der Waals surface area contributed by atoms with Crippen molar-refractivity contribution < 1.29 is 39.9 Å². The van der Waals surface area contributed by atoms with Crippen LogP contribution < -0.4 is 4.74 Å². The molecule has 2 aromatic carbocycles. The molecule has 30 heavy (non-hydrogen) atoms. The number of carboxylic acids is 1. The summed E-state index contributed by atoms with van der Waals surface area (Å²) in [6.45, 7) is 2.42. The van der Waals surface area contributed by atoms with Gasteiger partial charge in [0.05, 0.1) is 6.61 Å². The highest BCUT2D eigenvalue weighted by Crippen LogP contribution is 2.24. The predicted molar refractivity (Wildman–Crippen MR) is 108 cm³/mol. The van der Waals surface area contributed by atoms with E-state index in [4.69, 9.17) is 21.4 Å². The third kappa shape index (κ3) is 5.78. The summed E-state index contributed by atoms with van der Waals surface area (Å²) < 4.78 is 5.39. The molecule has 0 aliphatic rings. The molecule has 0 saturated heterocycles. The van der Waals surface area contributed by atoms with Crippen LogP contribution in [-0.2, 0) is 11.2 Å². The largest absolute Gasteiger partial charge is 0.494 e. The standard InChI is InChI=1S/C21H23ClO8/c1-2-30-14-6-3-11(4-7-14)9-13-10-12(5-8-15(13)22)16(23)17(24)18(25)19(26)20(27)21(28)29/h3-8,10,17-20,24-27H,2,9H2,1H3,(H,28,29). The second-order valence-electron chi connectivity index (χ2n) is 6.63. The Kier molecular flexibility index (Phi) is 8.33. The lowest BCUT2D eigenvalue weighted by Crippen LogP contribution is -2.50. The van der Waals surface area contributed by atoms with Gasteiger partial charge in [0.2, 0.25) is 0 Å². The average Bonchev–Trinajstić information content (AvgIpc) is 2.74. The number of carboxylic acid groups (broad SMARTS) is 1. The quantitative estimate of drug-likeness (QED) is 0.346. The molecule has 0 saturated carbocycles. The summed E-state index contributed by atoms with van der Waals surface area (Å²) in [7, 11) is 0. The van der Waals surface area contributed by atoms with Crippen molar-refractivity contribution in [2.75, 3.05) is 6.61 Å². The van der Waals surface area contributed by atoms with Crippen LogP contribution in [0.1, 0.15) is 28.4 Å². The summed E-state index contributed by atoms with van der Waals surface area (Å²) in [5.41, 5.74) is 1.48. The molecule has 9 heteroatoms. The van der Waals surface area contributed by atoms with Crippen molar-refractivity contribution in [1.29, 1.82) is 0 Å². The number of benzene rings is 2. The minimum absolute atomic E-state index is 0.00361. The van der Waals surface area contributed by atoms with Gasteiger partial charge in [-0.25, -0.2) is 4.79 Å². The van der Waals surface area contributed by atoms with E-state index in [2.05, 4.69) is 0 Å². The Balaban J connectivity index is 2.18. The third-order valence-corrected chi connectivity index (χ3v) is 4.85. The van der Waals surface area contributed by atoms with Gasteiger partial charge in [-0.15, -0.1) is 0 Å². The molecule has 0 fully saturated rings. The maximum atomic E-state index is 12.5. The molecule has 5 N–H and O–H groups in total. The molecule has 0 aromatic heterocycles. The first kappa shape index (κ1) is 23.8. The van der Waals surface area contributed by atoms with E-state index in [1.165, 1.54) is 18.2 Å². The zero-order valence-corrected chi connectivity index (χ0v) is 16.9. The van der Waals surface area contributed by atoms with Gasteiger partial charge in [0, 0.05) is 10.6 Å². The number of Topliss-reactive ketones (excluding diaryl/α,β-unsaturated/α-hetero) is 1. The van der Waals surface area contributed by atoms with Gasteiger partial charge in [-0.1, -0.05) is 23.7 Å². The van der Waals surface area contributed by atoms with Crippen LogP contribution in [0.15, 0.2) is 42.5 Å². The van der Waals surface area contributed by atoms with Crippen molar-refractivity contribution >= 4 is 23.4 Å². The minimum Gasteiger partial charge on any atom is -0.494 e. The fourth-order valence-corrected chi connectivity index (χ4v) is 2.98. The second-order valence-corrected chi connectivity index (χ2v) is 7.04. The summed E-state index contributed by atoms with van der Waals surface area (Å²) in [5, 5.41) is 48.0. The molecule has 4 atom stereocenters. The van der Waals surface area contributed by atoms with E-state index in [1.807, 2.05) is 19.1 Å². The molecule has 0 heterocycles. The van der Waals surface area contributed by atoms with Crippen LogP contribution in [0.2, 0.25) is 5.02 Å². The molecule has 0 bridgehead atoms. The lowest BCUT2D eigenvalue weighted by Gasteiger charge is -2.24. The minimum atomic E-state index is -2.36. The van der Waals surface area contributed by atoms with E-state index in [0.717, 1.165) is 11.3 Å². The number of aliphatic carboxylic acids is 1. The van der Waals surface area contributed by atoms with Gasteiger partial charge < -0.3 is 30.3 Å². The van der Waals surface area contributed by atoms with Gasteiger partial charge in [-0.05, 0) is 54.8 Å². The summed E-state index contributed by atoms with van der Waals surface area (Å²) in [5.74, 6) is -2.04. The van der Waals surface area contributed by atoms with E-state index in [9.17, 15) is 30.0 Å². The molecule has 2 rings (SSSR count). The highest BCUT2D eigenvalue weighted by atomic mass is 35.5. The van der Waals surface area contributed by atoms with Crippen LogP contribution in [0.3, 0.4) is 0 Å². The molecule has 0 radical (unpaired) electrons. The number of hydrogen-bond acceptors (Lipinski definition) is 7. The monoisotopic (exact) mass is 438 g/mol.